The molecule has 1 aromatic heterocycles. The van der Waals surface area contributed by atoms with Crippen LogP contribution in [-0.2, 0) is 4.74 Å². The van der Waals surface area contributed by atoms with Gasteiger partial charge in [0.15, 0.2) is 5.96 Å². The van der Waals surface area contributed by atoms with Crippen molar-refractivity contribution in [2.24, 2.45) is 10.4 Å². The fourth-order valence-corrected chi connectivity index (χ4v) is 3.96. The molecular weight excluding hydrogens is 354 g/mol. The molecule has 2 N–H and O–H groups in total. The Morgan fingerprint density at radius 1 is 1.18 bits per heavy atom. The lowest BCUT2D eigenvalue weighted by atomic mass is 9.67. The summed E-state index contributed by atoms with van der Waals surface area (Å²) in [5.41, 5.74) is 0.392. The first-order valence-corrected chi connectivity index (χ1v) is 10.4. The zero-order valence-corrected chi connectivity index (χ0v) is 17.4. The number of nitrogens with zero attached hydrogens (tertiary/aromatic N) is 5. The summed E-state index contributed by atoms with van der Waals surface area (Å²) < 4.78 is 5.28. The standard InChI is InChI=1S/C20H35N7O/c1-21-18(25-17-20(5-3-6-20)7-16-28-2)22-10-11-26-12-14-27(15-13-26)19-23-8-4-9-24-19/h4,8-9H,3,5-7,10-17H2,1-2H3,(H2,21,22,25). The molecule has 0 amide bonds. The van der Waals surface area contributed by atoms with E-state index in [1.807, 2.05) is 13.1 Å². The number of aromatic nitrogens is 2. The van der Waals surface area contributed by atoms with Crippen LogP contribution in [0.5, 0.6) is 0 Å². The Morgan fingerprint density at radius 3 is 2.54 bits per heavy atom. The van der Waals surface area contributed by atoms with E-state index in [4.69, 9.17) is 4.74 Å². The lowest BCUT2D eigenvalue weighted by Gasteiger charge is -2.42. The first-order chi connectivity index (χ1) is 13.7. The van der Waals surface area contributed by atoms with Crippen molar-refractivity contribution in [3.05, 3.63) is 18.5 Å². The van der Waals surface area contributed by atoms with E-state index in [2.05, 4.69) is 35.4 Å². The largest absolute Gasteiger partial charge is 0.385 e. The fraction of sp³-hybridized carbons (Fsp3) is 0.750. The highest BCUT2D eigenvalue weighted by Gasteiger charge is 2.36. The van der Waals surface area contributed by atoms with Crippen LogP contribution in [0.4, 0.5) is 5.95 Å². The molecule has 0 unspecified atom stereocenters. The maximum Gasteiger partial charge on any atom is 0.225 e. The van der Waals surface area contributed by atoms with E-state index < -0.39 is 0 Å². The summed E-state index contributed by atoms with van der Waals surface area (Å²) in [7, 11) is 3.63. The molecule has 0 aromatic carbocycles. The van der Waals surface area contributed by atoms with Crippen LogP contribution in [0.3, 0.4) is 0 Å². The van der Waals surface area contributed by atoms with Crippen molar-refractivity contribution in [1.29, 1.82) is 0 Å². The third-order valence-corrected chi connectivity index (χ3v) is 6.03. The van der Waals surface area contributed by atoms with Gasteiger partial charge in [-0.3, -0.25) is 9.89 Å². The van der Waals surface area contributed by atoms with Gasteiger partial charge in [0.1, 0.15) is 0 Å². The van der Waals surface area contributed by atoms with E-state index in [1.165, 1.54) is 19.3 Å². The minimum absolute atomic E-state index is 0.392. The Labute approximate surface area is 168 Å². The topological polar surface area (TPSA) is 77.9 Å². The highest BCUT2D eigenvalue weighted by Crippen LogP contribution is 2.43. The molecule has 1 aliphatic heterocycles. The summed E-state index contributed by atoms with van der Waals surface area (Å²) in [5, 5.41) is 6.99. The Balaban J connectivity index is 1.33. The van der Waals surface area contributed by atoms with Crippen LogP contribution >= 0.6 is 0 Å². The smallest absolute Gasteiger partial charge is 0.225 e. The number of nitrogens with one attached hydrogen (secondary N) is 2. The predicted molar refractivity (Wildman–Crippen MR) is 113 cm³/mol. The van der Waals surface area contributed by atoms with Crippen molar-refractivity contribution in [2.75, 3.05) is 71.5 Å². The monoisotopic (exact) mass is 389 g/mol. The van der Waals surface area contributed by atoms with Gasteiger partial charge >= 0.3 is 0 Å². The molecule has 8 heteroatoms. The van der Waals surface area contributed by atoms with Crippen molar-refractivity contribution in [1.82, 2.24) is 25.5 Å². The van der Waals surface area contributed by atoms with Crippen molar-refractivity contribution < 1.29 is 4.74 Å². The number of methoxy groups -OCH3 is 1. The van der Waals surface area contributed by atoms with E-state index in [1.54, 1.807) is 19.5 Å². The van der Waals surface area contributed by atoms with Crippen molar-refractivity contribution >= 4 is 11.9 Å². The Kier molecular flexibility index (Phi) is 7.85. The SMILES string of the molecule is CN=C(NCCN1CCN(c2ncccn2)CC1)NCC1(CCOC)CCC1. The molecule has 2 fully saturated rings. The number of anilines is 1. The van der Waals surface area contributed by atoms with E-state index in [9.17, 15) is 0 Å². The van der Waals surface area contributed by atoms with Gasteiger partial charge in [0, 0.05) is 79.0 Å². The van der Waals surface area contributed by atoms with Crippen LogP contribution in [0.1, 0.15) is 25.7 Å². The van der Waals surface area contributed by atoms with Gasteiger partial charge in [-0.15, -0.1) is 0 Å². The number of ether oxygens (including phenoxy) is 1. The van der Waals surface area contributed by atoms with E-state index >= 15 is 0 Å². The summed E-state index contributed by atoms with van der Waals surface area (Å²) in [5.74, 6) is 1.74. The highest BCUT2D eigenvalue weighted by atomic mass is 16.5. The number of hydrogen-bond donors (Lipinski definition) is 2. The van der Waals surface area contributed by atoms with Crippen LogP contribution in [0.25, 0.3) is 0 Å². The van der Waals surface area contributed by atoms with Crippen LogP contribution < -0.4 is 15.5 Å². The van der Waals surface area contributed by atoms with Crippen LogP contribution in [0.15, 0.2) is 23.5 Å². The molecule has 3 rings (SSSR count). The zero-order valence-electron chi connectivity index (χ0n) is 17.4. The predicted octanol–water partition coefficient (Wildman–Crippen LogP) is 0.970. The molecule has 2 aliphatic rings. The molecule has 1 aliphatic carbocycles. The number of rotatable bonds is 9. The minimum atomic E-state index is 0.392. The van der Waals surface area contributed by atoms with Gasteiger partial charge in [-0.25, -0.2) is 9.97 Å². The fourth-order valence-electron chi connectivity index (χ4n) is 3.96. The molecule has 0 bridgehead atoms. The first kappa shape index (κ1) is 20.8. The Hall–Kier alpha value is -1.93. The number of hydrogen-bond acceptors (Lipinski definition) is 6. The lowest BCUT2D eigenvalue weighted by Crippen LogP contribution is -2.51. The van der Waals surface area contributed by atoms with Gasteiger partial charge in [-0.1, -0.05) is 6.42 Å². The maximum absolute atomic E-state index is 5.28. The van der Waals surface area contributed by atoms with E-state index in [0.717, 1.165) is 70.7 Å². The first-order valence-electron chi connectivity index (χ1n) is 10.4. The second-order valence-electron chi connectivity index (χ2n) is 7.83. The number of aliphatic imine (C=N–C) groups is 1. The van der Waals surface area contributed by atoms with Crippen molar-refractivity contribution in [3.8, 4) is 0 Å². The van der Waals surface area contributed by atoms with Crippen LogP contribution in [0.2, 0.25) is 0 Å². The molecule has 0 atom stereocenters. The summed E-state index contributed by atoms with van der Waals surface area (Å²) in [6.07, 6.45) is 8.65. The Bertz CT molecular complexity index is 598. The molecule has 156 valence electrons. The molecule has 1 aromatic rings. The highest BCUT2D eigenvalue weighted by molar-refractivity contribution is 5.79. The third-order valence-electron chi connectivity index (χ3n) is 6.03. The van der Waals surface area contributed by atoms with Crippen LogP contribution in [0, 0.1) is 5.41 Å². The van der Waals surface area contributed by atoms with Gasteiger partial charge in [0.05, 0.1) is 0 Å². The average Bonchev–Trinajstić information content (AvgIpc) is 2.72. The van der Waals surface area contributed by atoms with Gasteiger partial charge < -0.3 is 20.3 Å². The molecule has 28 heavy (non-hydrogen) atoms. The summed E-state index contributed by atoms with van der Waals surface area (Å²) in [4.78, 5) is 17.8. The normalized spacial score (nSPS) is 19.9. The molecular formula is C20H35N7O. The van der Waals surface area contributed by atoms with Crippen LogP contribution in [-0.4, -0.2) is 87.4 Å². The molecule has 0 spiro atoms. The second-order valence-corrected chi connectivity index (χ2v) is 7.83. The van der Waals surface area contributed by atoms with E-state index in [0.29, 0.717) is 5.41 Å². The number of guanidine groups is 1. The zero-order chi connectivity index (χ0) is 19.7. The Morgan fingerprint density at radius 2 is 1.93 bits per heavy atom. The maximum atomic E-state index is 5.28. The summed E-state index contributed by atoms with van der Waals surface area (Å²) in [6.45, 7) is 7.74. The molecule has 1 saturated heterocycles. The summed E-state index contributed by atoms with van der Waals surface area (Å²) in [6, 6.07) is 1.86. The summed E-state index contributed by atoms with van der Waals surface area (Å²) >= 11 is 0. The third kappa shape index (κ3) is 5.78. The van der Waals surface area contributed by atoms with Gasteiger partial charge in [0.25, 0.3) is 0 Å². The molecule has 1 saturated carbocycles. The minimum Gasteiger partial charge on any atom is -0.385 e. The van der Waals surface area contributed by atoms with Gasteiger partial charge in [0.2, 0.25) is 5.95 Å². The van der Waals surface area contributed by atoms with Crippen molar-refractivity contribution in [3.63, 3.8) is 0 Å². The quantitative estimate of drug-likeness (QED) is 0.481. The van der Waals surface area contributed by atoms with Crippen molar-refractivity contribution in [2.45, 2.75) is 25.7 Å². The van der Waals surface area contributed by atoms with E-state index in [-0.39, 0.29) is 0 Å². The average molecular weight is 390 g/mol. The number of piperazine rings is 1. The second kappa shape index (κ2) is 10.6. The van der Waals surface area contributed by atoms with Gasteiger partial charge in [-0.05, 0) is 30.7 Å². The lowest BCUT2D eigenvalue weighted by molar-refractivity contribution is 0.0732. The van der Waals surface area contributed by atoms with Gasteiger partial charge in [-0.2, -0.15) is 0 Å². The molecule has 8 nitrogen and oxygen atoms in total. The molecule has 0 radical (unpaired) electrons. The molecule has 2 heterocycles.